The average molecular weight is 251 g/mol. The predicted molar refractivity (Wildman–Crippen MR) is 70.6 cm³/mol. The number of halogens is 1. The normalized spacial score (nSPS) is 25.1. The summed E-state index contributed by atoms with van der Waals surface area (Å²) in [7, 11) is -1.46. The first kappa shape index (κ1) is 13.5. The van der Waals surface area contributed by atoms with Crippen LogP contribution in [0, 0.1) is 0 Å². The number of nitrogens with zero attached hydrogens (tertiary/aromatic N) is 1. The van der Waals surface area contributed by atoms with Gasteiger partial charge in [-0.1, -0.05) is 31.2 Å². The van der Waals surface area contributed by atoms with E-state index >= 15 is 0 Å². The van der Waals surface area contributed by atoms with Crippen molar-refractivity contribution < 1.29 is 14.4 Å². The smallest absolute Gasteiger partial charge is 0.423 e. The Kier molecular flexibility index (Phi) is 4.38. The molecular formula is C13H19BFNO2. The molecule has 2 N–H and O–H groups in total. The van der Waals surface area contributed by atoms with Crippen LogP contribution in [0.1, 0.15) is 24.8 Å². The Morgan fingerprint density at radius 2 is 2.00 bits per heavy atom. The molecule has 2 rings (SSSR count). The lowest BCUT2D eigenvalue weighted by Crippen LogP contribution is -2.40. The van der Waals surface area contributed by atoms with Gasteiger partial charge in [0, 0.05) is 12.5 Å². The maximum Gasteiger partial charge on any atom is 0.488 e. The number of likely N-dealkylation sites (tertiary alicyclic amines) is 1. The zero-order valence-electron chi connectivity index (χ0n) is 10.6. The van der Waals surface area contributed by atoms with E-state index in [1.54, 1.807) is 24.3 Å². The summed E-state index contributed by atoms with van der Waals surface area (Å²) in [6.45, 7) is 4.35. The van der Waals surface area contributed by atoms with Crippen LogP contribution in [-0.2, 0) is 0 Å². The zero-order chi connectivity index (χ0) is 13.1. The third kappa shape index (κ3) is 2.91. The summed E-state index contributed by atoms with van der Waals surface area (Å²) >= 11 is 0. The van der Waals surface area contributed by atoms with Crippen molar-refractivity contribution in [3.63, 3.8) is 0 Å². The molecule has 1 aliphatic rings. The summed E-state index contributed by atoms with van der Waals surface area (Å²) in [5.74, 6) is -0.0716. The summed E-state index contributed by atoms with van der Waals surface area (Å²) in [6, 6.07) is 6.90. The minimum atomic E-state index is -1.46. The molecule has 0 radical (unpaired) electrons. The molecule has 0 amide bonds. The lowest BCUT2D eigenvalue weighted by atomic mass is 9.78. The number of piperidine rings is 1. The predicted octanol–water partition coefficient (Wildman–Crippen LogP) is 0.514. The van der Waals surface area contributed by atoms with Gasteiger partial charge in [-0.2, -0.15) is 0 Å². The van der Waals surface area contributed by atoms with Crippen LogP contribution in [0.2, 0.25) is 0 Å². The Morgan fingerprint density at radius 1 is 1.33 bits per heavy atom. The Morgan fingerprint density at radius 3 is 2.50 bits per heavy atom. The monoisotopic (exact) mass is 251 g/mol. The quantitative estimate of drug-likeness (QED) is 0.769. The Balaban J connectivity index is 2.07. The van der Waals surface area contributed by atoms with E-state index < -0.39 is 13.3 Å². The third-order valence-electron chi connectivity index (χ3n) is 3.74. The lowest BCUT2D eigenvalue weighted by molar-refractivity contribution is 0.122. The van der Waals surface area contributed by atoms with Crippen LogP contribution in [0.3, 0.4) is 0 Å². The Bertz CT molecular complexity index is 385. The van der Waals surface area contributed by atoms with E-state index in [2.05, 4.69) is 4.90 Å². The lowest BCUT2D eigenvalue weighted by Gasteiger charge is -2.34. The highest BCUT2D eigenvalue weighted by molar-refractivity contribution is 6.58. The molecule has 0 aliphatic carbocycles. The standard InChI is InChI=1S/C13H19BFNO2/c1-2-16-8-7-12(13(15)9-16)10-3-5-11(6-4-10)14(17)18/h3-6,12-13,17-18H,2,7-9H2,1H3/t12-,13+/m1/s1. The summed E-state index contributed by atoms with van der Waals surface area (Å²) in [6.07, 6.45) is -0.0284. The van der Waals surface area contributed by atoms with Gasteiger partial charge < -0.3 is 14.9 Å². The van der Waals surface area contributed by atoms with Gasteiger partial charge in [0.25, 0.3) is 0 Å². The maximum atomic E-state index is 14.1. The van der Waals surface area contributed by atoms with Crippen molar-refractivity contribution in [1.82, 2.24) is 4.90 Å². The van der Waals surface area contributed by atoms with Crippen LogP contribution in [0.4, 0.5) is 4.39 Å². The van der Waals surface area contributed by atoms with Gasteiger partial charge >= 0.3 is 7.12 Å². The van der Waals surface area contributed by atoms with Crippen molar-refractivity contribution in [3.8, 4) is 0 Å². The van der Waals surface area contributed by atoms with Crippen LogP contribution in [-0.4, -0.2) is 47.9 Å². The van der Waals surface area contributed by atoms with Gasteiger partial charge in [-0.3, -0.25) is 0 Å². The highest BCUT2D eigenvalue weighted by Crippen LogP contribution is 2.29. The Hall–Kier alpha value is -0.905. The topological polar surface area (TPSA) is 43.7 Å². The number of hydrogen-bond acceptors (Lipinski definition) is 3. The molecule has 2 atom stereocenters. The molecule has 3 nitrogen and oxygen atoms in total. The SMILES string of the molecule is CCN1CC[C@H](c2ccc(B(O)O)cc2)[C@@H](F)C1. The second kappa shape index (κ2) is 5.82. The minimum absolute atomic E-state index is 0.0716. The summed E-state index contributed by atoms with van der Waals surface area (Å²) in [4.78, 5) is 2.12. The Labute approximate surface area is 107 Å². The van der Waals surface area contributed by atoms with E-state index in [1.807, 2.05) is 6.92 Å². The highest BCUT2D eigenvalue weighted by atomic mass is 19.1. The molecular weight excluding hydrogens is 232 g/mol. The van der Waals surface area contributed by atoms with Gasteiger partial charge in [-0.05, 0) is 30.5 Å². The van der Waals surface area contributed by atoms with Gasteiger partial charge in [0.15, 0.2) is 0 Å². The number of alkyl halides is 1. The van der Waals surface area contributed by atoms with Gasteiger partial charge in [-0.15, -0.1) is 0 Å². The summed E-state index contributed by atoms with van der Waals surface area (Å²) in [5, 5.41) is 18.0. The van der Waals surface area contributed by atoms with Crippen LogP contribution >= 0.6 is 0 Å². The largest absolute Gasteiger partial charge is 0.488 e. The van der Waals surface area contributed by atoms with Gasteiger partial charge in [0.05, 0.1) is 0 Å². The van der Waals surface area contributed by atoms with Crippen LogP contribution in [0.5, 0.6) is 0 Å². The fraction of sp³-hybridized carbons (Fsp3) is 0.538. The van der Waals surface area contributed by atoms with E-state index in [9.17, 15) is 4.39 Å². The summed E-state index contributed by atoms with van der Waals surface area (Å²) < 4.78 is 14.1. The van der Waals surface area contributed by atoms with Crippen molar-refractivity contribution in [2.45, 2.75) is 25.4 Å². The number of hydrogen-bond donors (Lipinski definition) is 2. The molecule has 0 saturated carbocycles. The zero-order valence-corrected chi connectivity index (χ0v) is 10.6. The van der Waals surface area contributed by atoms with Gasteiger partial charge in [-0.25, -0.2) is 4.39 Å². The van der Waals surface area contributed by atoms with Crippen LogP contribution in [0.15, 0.2) is 24.3 Å². The fourth-order valence-corrected chi connectivity index (χ4v) is 2.55. The van der Waals surface area contributed by atoms with Crippen molar-refractivity contribution in [1.29, 1.82) is 0 Å². The van der Waals surface area contributed by atoms with E-state index in [1.165, 1.54) is 0 Å². The average Bonchev–Trinajstić information content (AvgIpc) is 2.38. The fourth-order valence-electron chi connectivity index (χ4n) is 2.55. The second-order valence-electron chi connectivity index (χ2n) is 4.84. The number of rotatable bonds is 3. The molecule has 1 aromatic carbocycles. The molecule has 5 heteroatoms. The third-order valence-corrected chi connectivity index (χ3v) is 3.74. The van der Waals surface area contributed by atoms with E-state index in [0.29, 0.717) is 12.0 Å². The molecule has 18 heavy (non-hydrogen) atoms. The molecule has 1 aromatic rings. The van der Waals surface area contributed by atoms with E-state index in [0.717, 1.165) is 25.1 Å². The van der Waals surface area contributed by atoms with E-state index in [-0.39, 0.29) is 5.92 Å². The van der Waals surface area contributed by atoms with Crippen molar-refractivity contribution in [2.75, 3.05) is 19.6 Å². The van der Waals surface area contributed by atoms with E-state index in [4.69, 9.17) is 10.0 Å². The van der Waals surface area contributed by atoms with Crippen molar-refractivity contribution in [2.24, 2.45) is 0 Å². The molecule has 0 unspecified atom stereocenters. The molecule has 1 aliphatic heterocycles. The molecule has 1 saturated heterocycles. The first-order valence-electron chi connectivity index (χ1n) is 6.44. The van der Waals surface area contributed by atoms with Gasteiger partial charge in [0.2, 0.25) is 0 Å². The number of benzene rings is 1. The minimum Gasteiger partial charge on any atom is -0.423 e. The molecule has 1 fully saturated rings. The maximum absolute atomic E-state index is 14.1. The second-order valence-corrected chi connectivity index (χ2v) is 4.84. The molecule has 0 spiro atoms. The van der Waals surface area contributed by atoms with Crippen molar-refractivity contribution >= 4 is 12.6 Å². The van der Waals surface area contributed by atoms with Crippen molar-refractivity contribution in [3.05, 3.63) is 29.8 Å². The van der Waals surface area contributed by atoms with Crippen LogP contribution < -0.4 is 5.46 Å². The first-order valence-corrected chi connectivity index (χ1v) is 6.44. The molecule has 98 valence electrons. The highest BCUT2D eigenvalue weighted by Gasteiger charge is 2.29. The molecule has 0 bridgehead atoms. The van der Waals surface area contributed by atoms with Crippen LogP contribution in [0.25, 0.3) is 0 Å². The first-order chi connectivity index (χ1) is 8.61. The molecule has 0 aromatic heterocycles. The molecule has 1 heterocycles. The van der Waals surface area contributed by atoms with Gasteiger partial charge in [0.1, 0.15) is 6.17 Å². The summed E-state index contributed by atoms with van der Waals surface area (Å²) in [5.41, 5.74) is 1.39.